The lowest BCUT2D eigenvalue weighted by molar-refractivity contribution is 0.0523. The largest absolute Gasteiger partial charge is 0.444 e. The molecule has 1 rings (SSSR count). The SMILES string of the molecule is CC(C)(C)OC(=O)NCc1ncc(CN=[N+]=[N-])s1. The van der Waals surface area contributed by atoms with Crippen LogP contribution in [0.15, 0.2) is 11.3 Å². The first kappa shape index (κ1) is 14.3. The lowest BCUT2D eigenvalue weighted by Crippen LogP contribution is -2.32. The number of nitrogens with one attached hydrogen (secondary N) is 1. The fourth-order valence-electron chi connectivity index (χ4n) is 1.07. The molecule has 0 saturated heterocycles. The molecular weight excluding hydrogens is 254 g/mol. The van der Waals surface area contributed by atoms with E-state index in [0.717, 1.165) is 9.88 Å². The van der Waals surface area contributed by atoms with Gasteiger partial charge in [-0.1, -0.05) is 5.11 Å². The van der Waals surface area contributed by atoms with Crippen LogP contribution < -0.4 is 5.32 Å². The number of alkyl carbamates (subject to hydrolysis) is 1. The standard InChI is InChI=1S/C10H15N5O2S/c1-10(2,3)17-9(16)13-6-8-12-4-7(18-8)5-14-15-11/h4H,5-6H2,1-3H3,(H,13,16). The number of thiazole rings is 1. The highest BCUT2D eigenvalue weighted by Gasteiger charge is 2.16. The van der Waals surface area contributed by atoms with Gasteiger partial charge in [-0.25, -0.2) is 9.78 Å². The van der Waals surface area contributed by atoms with Crippen LogP contribution in [0, 0.1) is 0 Å². The Morgan fingerprint density at radius 1 is 1.67 bits per heavy atom. The fourth-order valence-corrected chi connectivity index (χ4v) is 1.85. The lowest BCUT2D eigenvalue weighted by Gasteiger charge is -2.19. The minimum atomic E-state index is -0.514. The monoisotopic (exact) mass is 269 g/mol. The number of aromatic nitrogens is 1. The van der Waals surface area contributed by atoms with Crippen molar-refractivity contribution in [3.63, 3.8) is 0 Å². The Hall–Kier alpha value is -1.79. The van der Waals surface area contributed by atoms with Gasteiger partial charge in [0, 0.05) is 16.0 Å². The van der Waals surface area contributed by atoms with Crippen molar-refractivity contribution in [1.82, 2.24) is 10.3 Å². The van der Waals surface area contributed by atoms with Crippen molar-refractivity contribution in [1.29, 1.82) is 0 Å². The number of ether oxygens (including phenoxy) is 1. The van der Waals surface area contributed by atoms with E-state index in [1.807, 2.05) is 0 Å². The third kappa shape index (κ3) is 5.51. The molecule has 0 saturated carbocycles. The van der Waals surface area contributed by atoms with Crippen LogP contribution >= 0.6 is 11.3 Å². The summed E-state index contributed by atoms with van der Waals surface area (Å²) in [6, 6.07) is 0. The summed E-state index contributed by atoms with van der Waals surface area (Å²) in [4.78, 5) is 19.0. The molecule has 0 spiro atoms. The van der Waals surface area contributed by atoms with Crippen molar-refractivity contribution >= 4 is 17.4 Å². The van der Waals surface area contributed by atoms with E-state index in [1.54, 1.807) is 27.0 Å². The van der Waals surface area contributed by atoms with Crippen molar-refractivity contribution in [3.8, 4) is 0 Å². The van der Waals surface area contributed by atoms with Gasteiger partial charge in [-0.05, 0) is 26.3 Å². The molecule has 8 heteroatoms. The van der Waals surface area contributed by atoms with Crippen molar-refractivity contribution < 1.29 is 9.53 Å². The van der Waals surface area contributed by atoms with E-state index in [0.29, 0.717) is 6.54 Å². The molecule has 0 aliphatic carbocycles. The van der Waals surface area contributed by atoms with E-state index in [9.17, 15) is 4.79 Å². The second-order valence-corrected chi connectivity index (χ2v) is 5.66. The van der Waals surface area contributed by atoms with Gasteiger partial charge in [0.25, 0.3) is 0 Å². The first-order chi connectivity index (χ1) is 8.40. The van der Waals surface area contributed by atoms with E-state index < -0.39 is 11.7 Å². The summed E-state index contributed by atoms with van der Waals surface area (Å²) in [5.74, 6) is 0. The minimum absolute atomic E-state index is 0.278. The van der Waals surface area contributed by atoms with Gasteiger partial charge in [0.05, 0.1) is 13.1 Å². The molecule has 0 radical (unpaired) electrons. The summed E-state index contributed by atoms with van der Waals surface area (Å²) >= 11 is 1.39. The number of carbonyl (C=O) groups excluding carboxylic acids is 1. The highest BCUT2D eigenvalue weighted by atomic mass is 32.1. The third-order valence-electron chi connectivity index (χ3n) is 1.67. The zero-order valence-electron chi connectivity index (χ0n) is 10.5. The molecular formula is C10H15N5O2S. The Labute approximate surface area is 109 Å². The van der Waals surface area contributed by atoms with Gasteiger partial charge in [0.2, 0.25) is 0 Å². The van der Waals surface area contributed by atoms with Crippen molar-refractivity contribution in [3.05, 3.63) is 26.5 Å². The molecule has 0 unspecified atom stereocenters. The molecule has 0 bridgehead atoms. The van der Waals surface area contributed by atoms with Crippen molar-refractivity contribution in [2.45, 2.75) is 39.5 Å². The van der Waals surface area contributed by atoms with Gasteiger partial charge in [0.1, 0.15) is 10.6 Å². The number of carbonyl (C=O) groups is 1. The molecule has 1 heterocycles. The maximum Gasteiger partial charge on any atom is 0.408 e. The van der Waals surface area contributed by atoms with E-state index in [-0.39, 0.29) is 6.54 Å². The van der Waals surface area contributed by atoms with Gasteiger partial charge in [-0.15, -0.1) is 11.3 Å². The number of azide groups is 1. The topological polar surface area (TPSA) is 100.0 Å². The first-order valence-corrected chi connectivity index (χ1v) is 6.13. The summed E-state index contributed by atoms with van der Waals surface area (Å²) in [5, 5.41) is 6.79. The average molecular weight is 269 g/mol. The van der Waals surface area contributed by atoms with E-state index in [4.69, 9.17) is 10.3 Å². The third-order valence-corrected chi connectivity index (χ3v) is 2.66. The number of nitrogens with zero attached hydrogens (tertiary/aromatic N) is 4. The van der Waals surface area contributed by atoms with Crippen molar-refractivity contribution in [2.75, 3.05) is 0 Å². The molecule has 0 atom stereocenters. The molecule has 98 valence electrons. The van der Waals surface area contributed by atoms with Gasteiger partial charge in [-0.3, -0.25) is 0 Å². The Morgan fingerprint density at radius 2 is 2.39 bits per heavy atom. The molecule has 1 N–H and O–H groups in total. The Balaban J connectivity index is 2.41. The zero-order valence-corrected chi connectivity index (χ0v) is 11.3. The van der Waals surface area contributed by atoms with Crippen LogP contribution in [0.4, 0.5) is 4.79 Å². The fraction of sp³-hybridized carbons (Fsp3) is 0.600. The number of hydrogen-bond acceptors (Lipinski definition) is 5. The van der Waals surface area contributed by atoms with Crippen LogP contribution in [-0.4, -0.2) is 16.7 Å². The number of rotatable bonds is 4. The summed E-state index contributed by atoms with van der Waals surface area (Å²) in [5.41, 5.74) is 7.67. The predicted molar refractivity (Wildman–Crippen MR) is 68.0 cm³/mol. The normalized spacial score (nSPS) is 10.6. The number of hydrogen-bond donors (Lipinski definition) is 1. The zero-order chi connectivity index (χ0) is 13.6. The van der Waals surface area contributed by atoms with Gasteiger partial charge < -0.3 is 10.1 Å². The molecule has 1 aromatic rings. The molecule has 18 heavy (non-hydrogen) atoms. The smallest absolute Gasteiger partial charge is 0.408 e. The maximum atomic E-state index is 11.4. The molecule has 1 amide bonds. The van der Waals surface area contributed by atoms with E-state index in [1.165, 1.54) is 11.3 Å². The average Bonchev–Trinajstić information content (AvgIpc) is 2.69. The quantitative estimate of drug-likeness (QED) is 0.516. The highest BCUT2D eigenvalue weighted by molar-refractivity contribution is 7.11. The summed E-state index contributed by atoms with van der Waals surface area (Å²) < 4.78 is 5.09. The number of amides is 1. The summed E-state index contributed by atoms with van der Waals surface area (Å²) in [7, 11) is 0. The van der Waals surface area contributed by atoms with Crippen molar-refractivity contribution in [2.24, 2.45) is 5.11 Å². The second kappa shape index (κ2) is 6.23. The molecule has 7 nitrogen and oxygen atoms in total. The van der Waals surface area contributed by atoms with Crippen LogP contribution in [0.2, 0.25) is 0 Å². The van der Waals surface area contributed by atoms with Gasteiger partial charge in [-0.2, -0.15) is 0 Å². The summed E-state index contributed by atoms with van der Waals surface area (Å²) in [6.45, 7) is 5.98. The predicted octanol–water partition coefficient (Wildman–Crippen LogP) is 2.98. The van der Waals surface area contributed by atoms with Gasteiger partial charge >= 0.3 is 6.09 Å². The van der Waals surface area contributed by atoms with Crippen LogP contribution in [0.5, 0.6) is 0 Å². The first-order valence-electron chi connectivity index (χ1n) is 5.32. The van der Waals surface area contributed by atoms with Crippen LogP contribution in [0.3, 0.4) is 0 Å². The Morgan fingerprint density at radius 3 is 3.00 bits per heavy atom. The molecule has 0 aromatic carbocycles. The Bertz CT molecular complexity index is 459. The maximum absolute atomic E-state index is 11.4. The molecule has 0 aliphatic rings. The van der Waals surface area contributed by atoms with Gasteiger partial charge in [0.15, 0.2) is 0 Å². The minimum Gasteiger partial charge on any atom is -0.444 e. The lowest BCUT2D eigenvalue weighted by atomic mass is 10.2. The second-order valence-electron chi connectivity index (χ2n) is 4.46. The summed E-state index contributed by atoms with van der Waals surface area (Å²) in [6.07, 6.45) is 1.15. The van der Waals surface area contributed by atoms with E-state index in [2.05, 4.69) is 20.3 Å². The van der Waals surface area contributed by atoms with Crippen LogP contribution in [-0.2, 0) is 17.8 Å². The Kier molecular flexibility index (Phi) is 4.94. The molecule has 0 aliphatic heterocycles. The molecule has 0 fully saturated rings. The van der Waals surface area contributed by atoms with Crippen LogP contribution in [0.25, 0.3) is 10.4 Å². The van der Waals surface area contributed by atoms with Crippen LogP contribution in [0.1, 0.15) is 30.7 Å². The highest BCUT2D eigenvalue weighted by Crippen LogP contribution is 2.14. The van der Waals surface area contributed by atoms with E-state index >= 15 is 0 Å². The molecule has 1 aromatic heterocycles.